The summed E-state index contributed by atoms with van der Waals surface area (Å²) in [6.07, 6.45) is 5.89. The van der Waals surface area contributed by atoms with Crippen LogP contribution in [0.1, 0.15) is 30.1 Å². The lowest BCUT2D eigenvalue weighted by Crippen LogP contribution is -2.19. The minimum absolute atomic E-state index is 0.265. The number of aromatic nitrogens is 6. The lowest BCUT2D eigenvalue weighted by Gasteiger charge is -2.05. The number of hydrogen-bond donors (Lipinski definition) is 3. The Hall–Kier alpha value is -2.81. The number of aryl methyl sites for hydroxylation is 1. The van der Waals surface area contributed by atoms with E-state index in [0.29, 0.717) is 35.3 Å². The number of anilines is 1. The maximum Gasteiger partial charge on any atom is 0.328 e. The van der Waals surface area contributed by atoms with Crippen LogP contribution in [0.25, 0.3) is 11.2 Å². The van der Waals surface area contributed by atoms with Gasteiger partial charge in [-0.05, 0) is 19.8 Å². The quantitative estimate of drug-likeness (QED) is 0.606. The van der Waals surface area contributed by atoms with Crippen molar-refractivity contribution in [3.05, 3.63) is 40.1 Å². The van der Waals surface area contributed by atoms with Gasteiger partial charge in [0.2, 0.25) is 0 Å². The molecule has 0 aliphatic heterocycles. The maximum absolute atomic E-state index is 12.2. The molecule has 0 unspecified atom stereocenters. The molecule has 3 aromatic rings. The van der Waals surface area contributed by atoms with E-state index in [2.05, 4.69) is 30.2 Å². The van der Waals surface area contributed by atoms with Crippen LogP contribution in [0, 0.1) is 6.92 Å². The zero-order chi connectivity index (χ0) is 16.7. The summed E-state index contributed by atoms with van der Waals surface area (Å²) in [6, 6.07) is 0.629. The Kier molecular flexibility index (Phi) is 3.49. The van der Waals surface area contributed by atoms with Crippen LogP contribution in [0.4, 0.5) is 5.82 Å². The van der Waals surface area contributed by atoms with Crippen LogP contribution in [0.2, 0.25) is 0 Å². The van der Waals surface area contributed by atoms with Crippen molar-refractivity contribution < 1.29 is 0 Å². The maximum atomic E-state index is 12.2. The second-order valence-corrected chi connectivity index (χ2v) is 6.03. The van der Waals surface area contributed by atoms with Crippen molar-refractivity contribution in [1.29, 1.82) is 0 Å². The van der Waals surface area contributed by atoms with Gasteiger partial charge in [0.05, 0.1) is 30.3 Å². The van der Waals surface area contributed by atoms with Crippen LogP contribution in [0.3, 0.4) is 0 Å². The van der Waals surface area contributed by atoms with Gasteiger partial charge in [-0.2, -0.15) is 0 Å². The normalized spacial score (nSPS) is 14.4. The molecule has 24 heavy (non-hydrogen) atoms. The Morgan fingerprint density at radius 2 is 2.04 bits per heavy atom. The number of hydrogen-bond acceptors (Lipinski definition) is 7. The monoisotopic (exact) mass is 326 g/mol. The van der Waals surface area contributed by atoms with Crippen molar-refractivity contribution in [2.24, 2.45) is 0 Å². The third-order valence-corrected chi connectivity index (χ3v) is 3.99. The number of nitrogens with one attached hydrogen (secondary N) is 2. The van der Waals surface area contributed by atoms with E-state index in [-0.39, 0.29) is 18.1 Å². The van der Waals surface area contributed by atoms with Gasteiger partial charge in [0.1, 0.15) is 11.3 Å². The van der Waals surface area contributed by atoms with Gasteiger partial charge in [-0.15, -0.1) is 0 Å². The number of nitrogens with two attached hydrogens (primary N) is 1. The SMILES string of the molecule is Cc1nc(N)c2[nH]c(=O)n(Cc3cnc(CNC4CC4)cn3)c2n1. The first-order chi connectivity index (χ1) is 11.6. The molecule has 0 saturated heterocycles. The Morgan fingerprint density at radius 3 is 2.75 bits per heavy atom. The molecular weight excluding hydrogens is 308 g/mol. The van der Waals surface area contributed by atoms with Gasteiger partial charge in [0.25, 0.3) is 0 Å². The fraction of sp³-hybridized carbons (Fsp3) is 0.400. The first-order valence-electron chi connectivity index (χ1n) is 7.86. The lowest BCUT2D eigenvalue weighted by atomic mass is 10.4. The molecule has 4 rings (SSSR count). The molecule has 3 aromatic heterocycles. The van der Waals surface area contributed by atoms with Crippen LogP contribution < -0.4 is 16.7 Å². The number of aromatic amines is 1. The van der Waals surface area contributed by atoms with E-state index < -0.39 is 0 Å². The lowest BCUT2D eigenvalue weighted by molar-refractivity contribution is 0.667. The van der Waals surface area contributed by atoms with E-state index in [4.69, 9.17) is 5.73 Å². The molecule has 9 heteroatoms. The fourth-order valence-electron chi connectivity index (χ4n) is 2.56. The molecule has 0 aromatic carbocycles. The third-order valence-electron chi connectivity index (χ3n) is 3.99. The Morgan fingerprint density at radius 1 is 1.29 bits per heavy atom. The molecule has 1 aliphatic rings. The summed E-state index contributed by atoms with van der Waals surface area (Å²) in [6.45, 7) is 2.73. The minimum Gasteiger partial charge on any atom is -0.382 e. The van der Waals surface area contributed by atoms with E-state index in [1.165, 1.54) is 17.4 Å². The summed E-state index contributed by atoms with van der Waals surface area (Å²) in [5.74, 6) is 0.779. The fourth-order valence-corrected chi connectivity index (χ4v) is 2.56. The van der Waals surface area contributed by atoms with Gasteiger partial charge >= 0.3 is 5.69 Å². The van der Waals surface area contributed by atoms with E-state index in [0.717, 1.165) is 5.69 Å². The number of fused-ring (bicyclic) bond motifs is 1. The van der Waals surface area contributed by atoms with Crippen molar-refractivity contribution in [1.82, 2.24) is 34.8 Å². The van der Waals surface area contributed by atoms with E-state index in [1.807, 2.05) is 0 Å². The Balaban J connectivity index is 1.59. The van der Waals surface area contributed by atoms with E-state index >= 15 is 0 Å². The van der Waals surface area contributed by atoms with Crippen LogP contribution in [-0.2, 0) is 13.1 Å². The molecule has 1 fully saturated rings. The van der Waals surface area contributed by atoms with Crippen molar-refractivity contribution in [3.63, 3.8) is 0 Å². The minimum atomic E-state index is -0.294. The topological polar surface area (TPSA) is 127 Å². The highest BCUT2D eigenvalue weighted by atomic mass is 16.1. The van der Waals surface area contributed by atoms with Crippen LogP contribution >= 0.6 is 0 Å². The first kappa shape index (κ1) is 14.8. The molecule has 4 N–H and O–H groups in total. The van der Waals surface area contributed by atoms with Crippen molar-refractivity contribution >= 4 is 17.0 Å². The molecule has 9 nitrogen and oxygen atoms in total. The largest absolute Gasteiger partial charge is 0.382 e. The predicted molar refractivity (Wildman–Crippen MR) is 88.3 cm³/mol. The number of rotatable bonds is 5. The average Bonchev–Trinajstić information content (AvgIpc) is 3.33. The number of H-pyrrole nitrogens is 1. The van der Waals surface area contributed by atoms with Crippen molar-refractivity contribution in [2.75, 3.05) is 5.73 Å². The summed E-state index contributed by atoms with van der Waals surface area (Å²) in [5.41, 5.74) is 8.05. The second kappa shape index (κ2) is 5.68. The molecular formula is C15H18N8O. The van der Waals surface area contributed by atoms with Gasteiger partial charge in [0.15, 0.2) is 11.5 Å². The van der Waals surface area contributed by atoms with E-state index in [1.54, 1.807) is 19.3 Å². The molecule has 0 bridgehead atoms. The first-order valence-corrected chi connectivity index (χ1v) is 7.86. The standard InChI is InChI=1S/C15H18N8O/c1-8-20-13(16)12-14(21-8)23(15(24)22-12)7-11-6-18-10(5-19-11)4-17-9-2-3-9/h5-6,9,17H,2-4,7H2,1H3,(H,22,24)(H2,16,20,21). The second-order valence-electron chi connectivity index (χ2n) is 6.03. The van der Waals surface area contributed by atoms with Crippen molar-refractivity contribution in [2.45, 2.75) is 38.9 Å². The highest BCUT2D eigenvalue weighted by Crippen LogP contribution is 2.19. The third kappa shape index (κ3) is 2.85. The molecule has 0 atom stereocenters. The average molecular weight is 326 g/mol. The number of nitrogen functional groups attached to an aromatic ring is 1. The van der Waals surface area contributed by atoms with Gasteiger partial charge in [-0.3, -0.25) is 14.5 Å². The van der Waals surface area contributed by atoms with E-state index in [9.17, 15) is 4.79 Å². The molecule has 0 spiro atoms. The summed E-state index contributed by atoms with van der Waals surface area (Å²) in [5, 5.41) is 3.39. The smallest absolute Gasteiger partial charge is 0.328 e. The molecule has 124 valence electrons. The van der Waals surface area contributed by atoms with Crippen LogP contribution in [0.5, 0.6) is 0 Å². The number of imidazole rings is 1. The summed E-state index contributed by atoms with van der Waals surface area (Å²) >= 11 is 0. The zero-order valence-corrected chi connectivity index (χ0v) is 13.3. The Bertz CT molecular complexity index is 939. The van der Waals surface area contributed by atoms with Crippen LogP contribution in [-0.4, -0.2) is 35.5 Å². The summed E-state index contributed by atoms with van der Waals surface area (Å²) in [7, 11) is 0. The van der Waals surface area contributed by atoms with Gasteiger partial charge < -0.3 is 16.0 Å². The summed E-state index contributed by atoms with van der Waals surface area (Å²) < 4.78 is 1.49. The van der Waals surface area contributed by atoms with Crippen molar-refractivity contribution in [3.8, 4) is 0 Å². The van der Waals surface area contributed by atoms with Gasteiger partial charge in [0, 0.05) is 12.6 Å². The van der Waals surface area contributed by atoms with Gasteiger partial charge in [-0.25, -0.2) is 14.8 Å². The predicted octanol–water partition coefficient (Wildman–Crippen LogP) is 0.101. The molecule has 0 amide bonds. The van der Waals surface area contributed by atoms with Gasteiger partial charge in [-0.1, -0.05) is 0 Å². The zero-order valence-electron chi connectivity index (χ0n) is 13.3. The van der Waals surface area contributed by atoms with Crippen LogP contribution in [0.15, 0.2) is 17.2 Å². The molecule has 1 aliphatic carbocycles. The highest BCUT2D eigenvalue weighted by Gasteiger charge is 2.20. The number of nitrogens with zero attached hydrogens (tertiary/aromatic N) is 5. The molecule has 0 radical (unpaired) electrons. The Labute approximate surface area is 137 Å². The molecule has 3 heterocycles. The molecule has 1 saturated carbocycles. The summed E-state index contributed by atoms with van der Waals surface area (Å²) in [4.78, 5) is 32.0. The highest BCUT2D eigenvalue weighted by molar-refractivity contribution is 5.81.